The number of hydrogen-bond donors (Lipinski definition) is 2. The van der Waals surface area contributed by atoms with Gasteiger partial charge in [0.05, 0.1) is 25.3 Å². The quantitative estimate of drug-likeness (QED) is 0.761. The summed E-state index contributed by atoms with van der Waals surface area (Å²) in [4.78, 5) is 24.3. The molecule has 132 valence electrons. The molecular formula is C17H19N3O5. The number of nitrogens with zero attached hydrogens (tertiary/aromatic N) is 1. The van der Waals surface area contributed by atoms with Crippen molar-refractivity contribution in [1.29, 1.82) is 5.26 Å². The summed E-state index contributed by atoms with van der Waals surface area (Å²) in [5.74, 6) is 0.126. The molecule has 0 aromatic heterocycles. The number of amides is 2. The highest BCUT2D eigenvalue weighted by atomic mass is 16.5. The number of para-hydroxylation sites is 1. The van der Waals surface area contributed by atoms with Crippen molar-refractivity contribution in [2.75, 3.05) is 20.3 Å². The van der Waals surface area contributed by atoms with Gasteiger partial charge in [0.15, 0.2) is 18.1 Å². The lowest BCUT2D eigenvalue weighted by Gasteiger charge is -2.29. The van der Waals surface area contributed by atoms with E-state index >= 15 is 0 Å². The van der Waals surface area contributed by atoms with Crippen LogP contribution < -0.4 is 20.1 Å². The van der Waals surface area contributed by atoms with E-state index in [9.17, 15) is 9.59 Å². The standard InChI is InChI=1S/C17H19N3O5/c1-4-24-16(21)13-10(2)19-17(22)20-14(13)11-6-5-7-12(23-3)15(11)25-9-8-18/h5-7,14H,4,9H2,1-3H3,(H2,19,20,22)/t14-/m1/s1. The number of hydrogen-bond acceptors (Lipinski definition) is 6. The predicted molar refractivity (Wildman–Crippen MR) is 87.8 cm³/mol. The minimum Gasteiger partial charge on any atom is -0.493 e. The zero-order valence-electron chi connectivity index (χ0n) is 14.2. The molecule has 8 heteroatoms. The molecule has 0 bridgehead atoms. The number of nitrogens with one attached hydrogen (secondary N) is 2. The van der Waals surface area contributed by atoms with Crippen LogP contribution in [0.5, 0.6) is 11.5 Å². The Morgan fingerprint density at radius 3 is 2.80 bits per heavy atom. The molecule has 0 aliphatic carbocycles. The second-order valence-corrected chi connectivity index (χ2v) is 5.12. The lowest BCUT2D eigenvalue weighted by molar-refractivity contribution is -0.139. The highest BCUT2D eigenvalue weighted by Gasteiger charge is 2.34. The topological polar surface area (TPSA) is 110 Å². The molecule has 1 aliphatic heterocycles. The highest BCUT2D eigenvalue weighted by Crippen LogP contribution is 2.39. The second-order valence-electron chi connectivity index (χ2n) is 5.12. The number of carbonyl (C=O) groups is 2. The summed E-state index contributed by atoms with van der Waals surface area (Å²) in [5.41, 5.74) is 1.14. The van der Waals surface area contributed by atoms with Gasteiger partial charge >= 0.3 is 12.0 Å². The van der Waals surface area contributed by atoms with Crippen LogP contribution >= 0.6 is 0 Å². The molecule has 1 atom stereocenters. The van der Waals surface area contributed by atoms with Crippen LogP contribution in [-0.2, 0) is 9.53 Å². The molecule has 0 saturated carbocycles. The van der Waals surface area contributed by atoms with Crippen LogP contribution in [0.3, 0.4) is 0 Å². The van der Waals surface area contributed by atoms with E-state index in [0.29, 0.717) is 17.0 Å². The molecule has 2 N–H and O–H groups in total. The van der Waals surface area contributed by atoms with Crippen molar-refractivity contribution in [3.8, 4) is 17.6 Å². The average molecular weight is 345 g/mol. The molecular weight excluding hydrogens is 326 g/mol. The number of rotatable bonds is 6. The number of carbonyl (C=O) groups excluding carboxylic acids is 2. The minimum atomic E-state index is -0.795. The van der Waals surface area contributed by atoms with Gasteiger partial charge in [0.1, 0.15) is 6.07 Å². The molecule has 0 saturated heterocycles. The third kappa shape index (κ3) is 3.83. The maximum Gasteiger partial charge on any atom is 0.338 e. The third-order valence-electron chi connectivity index (χ3n) is 3.59. The van der Waals surface area contributed by atoms with Gasteiger partial charge in [-0.3, -0.25) is 0 Å². The summed E-state index contributed by atoms with van der Waals surface area (Å²) in [6.45, 7) is 3.31. The number of nitriles is 1. The van der Waals surface area contributed by atoms with Gasteiger partial charge in [0.2, 0.25) is 0 Å². The van der Waals surface area contributed by atoms with Crippen molar-refractivity contribution in [1.82, 2.24) is 10.6 Å². The van der Waals surface area contributed by atoms with Crippen molar-refractivity contribution in [3.05, 3.63) is 35.0 Å². The van der Waals surface area contributed by atoms with Gasteiger partial charge in [-0.15, -0.1) is 0 Å². The van der Waals surface area contributed by atoms with E-state index in [2.05, 4.69) is 10.6 Å². The molecule has 25 heavy (non-hydrogen) atoms. The van der Waals surface area contributed by atoms with Gasteiger partial charge in [-0.2, -0.15) is 5.26 Å². The first kappa shape index (κ1) is 18.1. The van der Waals surface area contributed by atoms with Crippen LogP contribution in [0.4, 0.5) is 4.79 Å². The number of esters is 1. The van der Waals surface area contributed by atoms with E-state index < -0.39 is 18.0 Å². The summed E-state index contributed by atoms with van der Waals surface area (Å²) in [7, 11) is 1.46. The minimum absolute atomic E-state index is 0.201. The first-order valence-electron chi connectivity index (χ1n) is 7.65. The number of urea groups is 1. The van der Waals surface area contributed by atoms with Crippen molar-refractivity contribution in [2.24, 2.45) is 0 Å². The van der Waals surface area contributed by atoms with Crippen LogP contribution in [-0.4, -0.2) is 32.3 Å². The summed E-state index contributed by atoms with van der Waals surface area (Å²) in [6.07, 6.45) is 0. The molecule has 1 aliphatic rings. The first-order chi connectivity index (χ1) is 12.0. The Morgan fingerprint density at radius 2 is 2.16 bits per heavy atom. The van der Waals surface area contributed by atoms with E-state index in [1.807, 2.05) is 6.07 Å². The molecule has 0 radical (unpaired) electrons. The Labute approximate surface area is 145 Å². The predicted octanol–water partition coefficient (Wildman–Crippen LogP) is 1.79. The molecule has 2 rings (SSSR count). The van der Waals surface area contributed by atoms with E-state index in [1.165, 1.54) is 7.11 Å². The fourth-order valence-electron chi connectivity index (χ4n) is 2.59. The molecule has 0 unspecified atom stereocenters. The fourth-order valence-corrected chi connectivity index (χ4v) is 2.59. The van der Waals surface area contributed by atoms with E-state index in [-0.39, 0.29) is 24.5 Å². The molecule has 0 fully saturated rings. The lowest BCUT2D eigenvalue weighted by atomic mass is 9.94. The average Bonchev–Trinajstić information content (AvgIpc) is 2.58. The van der Waals surface area contributed by atoms with Crippen molar-refractivity contribution < 1.29 is 23.8 Å². The number of allylic oxidation sites excluding steroid dienone is 1. The van der Waals surface area contributed by atoms with Crippen molar-refractivity contribution in [3.63, 3.8) is 0 Å². The fraction of sp³-hybridized carbons (Fsp3) is 0.353. The molecule has 2 amide bonds. The summed E-state index contributed by atoms with van der Waals surface area (Å²) < 4.78 is 15.9. The van der Waals surface area contributed by atoms with Crippen LogP contribution in [0.2, 0.25) is 0 Å². The van der Waals surface area contributed by atoms with Crippen LogP contribution in [0.25, 0.3) is 0 Å². The summed E-state index contributed by atoms with van der Waals surface area (Å²) in [6, 6.07) is 5.71. The first-order valence-corrected chi connectivity index (χ1v) is 7.65. The maximum atomic E-state index is 12.4. The number of methoxy groups -OCH3 is 1. The Morgan fingerprint density at radius 1 is 1.40 bits per heavy atom. The van der Waals surface area contributed by atoms with Crippen LogP contribution in [0.1, 0.15) is 25.5 Å². The normalized spacial score (nSPS) is 16.4. The van der Waals surface area contributed by atoms with E-state index in [0.717, 1.165) is 0 Å². The zero-order chi connectivity index (χ0) is 18.4. The van der Waals surface area contributed by atoms with E-state index in [1.54, 1.807) is 32.0 Å². The lowest BCUT2D eigenvalue weighted by Crippen LogP contribution is -2.45. The summed E-state index contributed by atoms with van der Waals surface area (Å²) >= 11 is 0. The third-order valence-corrected chi connectivity index (χ3v) is 3.59. The molecule has 1 aromatic carbocycles. The van der Waals surface area contributed by atoms with Crippen LogP contribution in [0.15, 0.2) is 29.5 Å². The Kier molecular flexibility index (Phi) is 5.84. The number of benzene rings is 1. The molecule has 1 heterocycles. The van der Waals surface area contributed by atoms with Gasteiger partial charge in [0, 0.05) is 11.3 Å². The van der Waals surface area contributed by atoms with Gasteiger partial charge in [-0.05, 0) is 19.9 Å². The molecule has 8 nitrogen and oxygen atoms in total. The van der Waals surface area contributed by atoms with Crippen LogP contribution in [0, 0.1) is 11.3 Å². The molecule has 1 aromatic rings. The van der Waals surface area contributed by atoms with Gasteiger partial charge in [0.25, 0.3) is 0 Å². The number of ether oxygens (including phenoxy) is 3. The highest BCUT2D eigenvalue weighted by molar-refractivity contribution is 5.95. The van der Waals surface area contributed by atoms with Gasteiger partial charge in [-0.1, -0.05) is 12.1 Å². The Balaban J connectivity index is 2.57. The van der Waals surface area contributed by atoms with Crippen molar-refractivity contribution in [2.45, 2.75) is 19.9 Å². The molecule has 0 spiro atoms. The maximum absolute atomic E-state index is 12.4. The van der Waals surface area contributed by atoms with Gasteiger partial charge in [-0.25, -0.2) is 9.59 Å². The second kappa shape index (κ2) is 8.06. The Hall–Kier alpha value is -3.21. The summed E-state index contributed by atoms with van der Waals surface area (Å²) in [5, 5.41) is 14.1. The zero-order valence-corrected chi connectivity index (χ0v) is 14.2. The monoisotopic (exact) mass is 345 g/mol. The SMILES string of the molecule is CCOC(=O)C1=C(C)NC(=O)N[C@@H]1c1cccc(OC)c1OCC#N. The largest absolute Gasteiger partial charge is 0.493 e. The van der Waals surface area contributed by atoms with E-state index in [4.69, 9.17) is 19.5 Å². The smallest absolute Gasteiger partial charge is 0.338 e. The van der Waals surface area contributed by atoms with Gasteiger partial charge < -0.3 is 24.8 Å². The Bertz CT molecular complexity index is 751. The van der Waals surface area contributed by atoms with Crippen molar-refractivity contribution >= 4 is 12.0 Å².